The van der Waals surface area contributed by atoms with Gasteiger partial charge in [0, 0.05) is 12.7 Å². The molecular formula is C21H20F3N3O3. The Hall–Kier alpha value is -3.49. The van der Waals surface area contributed by atoms with Crippen LogP contribution in [0, 0.1) is 0 Å². The smallest absolute Gasteiger partial charge is 0.416 e. The van der Waals surface area contributed by atoms with E-state index in [-0.39, 0.29) is 11.1 Å². The van der Waals surface area contributed by atoms with E-state index in [2.05, 4.69) is 10.6 Å². The summed E-state index contributed by atoms with van der Waals surface area (Å²) in [5.41, 5.74) is 0.134. The molecule has 3 rings (SSSR count). The lowest BCUT2D eigenvalue weighted by atomic mass is 9.93. The molecule has 0 bridgehead atoms. The van der Waals surface area contributed by atoms with Crippen LogP contribution in [0.4, 0.5) is 23.7 Å². The third-order valence-corrected chi connectivity index (χ3v) is 4.90. The predicted molar refractivity (Wildman–Crippen MR) is 105 cm³/mol. The quantitative estimate of drug-likeness (QED) is 0.775. The molecule has 0 fully saturated rings. The molecule has 6 nitrogen and oxygen atoms in total. The van der Waals surface area contributed by atoms with Crippen molar-refractivity contribution >= 4 is 17.6 Å². The van der Waals surface area contributed by atoms with E-state index < -0.39 is 29.7 Å². The Bertz CT molecular complexity index is 1020. The number of nitrogens with zero attached hydrogens (tertiary/aromatic N) is 1. The molecule has 1 atom stereocenters. The van der Waals surface area contributed by atoms with Gasteiger partial charge in [-0.1, -0.05) is 24.3 Å². The summed E-state index contributed by atoms with van der Waals surface area (Å²) in [5.74, 6) is -0.140. The van der Waals surface area contributed by atoms with Crippen LogP contribution in [0.3, 0.4) is 0 Å². The van der Waals surface area contributed by atoms with E-state index in [9.17, 15) is 22.8 Å². The number of urea groups is 1. The summed E-state index contributed by atoms with van der Waals surface area (Å²) in [6, 6.07) is 9.72. The molecule has 1 aliphatic rings. The van der Waals surface area contributed by atoms with Crippen molar-refractivity contribution in [3.05, 3.63) is 70.9 Å². The number of nitrogens with one attached hydrogen (secondary N) is 2. The van der Waals surface area contributed by atoms with Crippen molar-refractivity contribution in [1.82, 2.24) is 10.2 Å². The maximum Gasteiger partial charge on any atom is 0.416 e. The highest BCUT2D eigenvalue weighted by Gasteiger charge is 2.36. The van der Waals surface area contributed by atoms with Crippen molar-refractivity contribution in [1.29, 1.82) is 0 Å². The third kappa shape index (κ3) is 4.10. The molecule has 0 saturated carbocycles. The fourth-order valence-corrected chi connectivity index (χ4v) is 3.21. The number of benzene rings is 2. The lowest BCUT2D eigenvalue weighted by Crippen LogP contribution is -2.46. The lowest BCUT2D eigenvalue weighted by Gasteiger charge is -2.34. The van der Waals surface area contributed by atoms with Gasteiger partial charge in [-0.3, -0.25) is 4.79 Å². The Balaban J connectivity index is 2.04. The van der Waals surface area contributed by atoms with Gasteiger partial charge in [0.15, 0.2) is 0 Å². The highest BCUT2D eigenvalue weighted by atomic mass is 19.4. The summed E-state index contributed by atoms with van der Waals surface area (Å²) in [6.45, 7) is 1.57. The summed E-state index contributed by atoms with van der Waals surface area (Å²) in [6.07, 6.45) is -4.55. The van der Waals surface area contributed by atoms with Crippen LogP contribution in [-0.4, -0.2) is 31.0 Å². The molecule has 2 aromatic carbocycles. The SMILES string of the molecule is COc1ccccc1NC(=O)C1=C(C)N(C)C(=O)N[C@H]1c1cccc(C(F)(F)F)c1. The second-order valence-corrected chi connectivity index (χ2v) is 6.72. The van der Waals surface area contributed by atoms with Crippen LogP contribution in [-0.2, 0) is 11.0 Å². The molecule has 158 valence electrons. The van der Waals surface area contributed by atoms with Crippen LogP contribution in [0.2, 0.25) is 0 Å². The Kier molecular flexibility index (Phi) is 5.73. The van der Waals surface area contributed by atoms with E-state index in [1.54, 1.807) is 31.2 Å². The summed E-state index contributed by atoms with van der Waals surface area (Å²) >= 11 is 0. The van der Waals surface area contributed by atoms with Gasteiger partial charge in [0.05, 0.1) is 30.0 Å². The van der Waals surface area contributed by atoms with Crippen molar-refractivity contribution in [2.45, 2.75) is 19.1 Å². The van der Waals surface area contributed by atoms with Crippen LogP contribution >= 0.6 is 0 Å². The molecule has 0 radical (unpaired) electrons. The molecule has 0 unspecified atom stereocenters. The van der Waals surface area contributed by atoms with Gasteiger partial charge in [-0.15, -0.1) is 0 Å². The second-order valence-electron chi connectivity index (χ2n) is 6.72. The minimum Gasteiger partial charge on any atom is -0.495 e. The maximum absolute atomic E-state index is 13.2. The van der Waals surface area contributed by atoms with E-state index in [4.69, 9.17) is 4.74 Å². The average Bonchev–Trinajstić information content (AvgIpc) is 2.71. The average molecular weight is 419 g/mol. The monoisotopic (exact) mass is 419 g/mol. The molecule has 2 N–H and O–H groups in total. The van der Waals surface area contributed by atoms with Gasteiger partial charge in [0.1, 0.15) is 5.75 Å². The molecule has 9 heteroatoms. The first-order chi connectivity index (χ1) is 14.1. The number of anilines is 1. The van der Waals surface area contributed by atoms with Gasteiger partial charge in [0.25, 0.3) is 5.91 Å². The lowest BCUT2D eigenvalue weighted by molar-refractivity contribution is -0.137. The third-order valence-electron chi connectivity index (χ3n) is 4.90. The summed E-state index contributed by atoms with van der Waals surface area (Å²) in [7, 11) is 2.93. The van der Waals surface area contributed by atoms with Crippen molar-refractivity contribution in [2.75, 3.05) is 19.5 Å². The van der Waals surface area contributed by atoms with E-state index in [1.807, 2.05) is 0 Å². The zero-order valence-corrected chi connectivity index (χ0v) is 16.5. The number of carbonyl (C=O) groups excluding carboxylic acids is 2. The normalized spacial score (nSPS) is 16.9. The number of hydrogen-bond donors (Lipinski definition) is 2. The van der Waals surface area contributed by atoms with Crippen LogP contribution in [0.15, 0.2) is 59.8 Å². The Labute approximate surface area is 171 Å². The van der Waals surface area contributed by atoms with Gasteiger partial charge in [-0.05, 0) is 36.8 Å². The van der Waals surface area contributed by atoms with E-state index >= 15 is 0 Å². The minimum atomic E-state index is -4.55. The fourth-order valence-electron chi connectivity index (χ4n) is 3.21. The first kappa shape index (κ1) is 21.2. The van der Waals surface area contributed by atoms with Gasteiger partial charge in [-0.2, -0.15) is 13.2 Å². The first-order valence-electron chi connectivity index (χ1n) is 9.00. The van der Waals surface area contributed by atoms with Gasteiger partial charge in [-0.25, -0.2) is 4.79 Å². The Morgan fingerprint density at radius 3 is 2.53 bits per heavy atom. The molecule has 0 saturated heterocycles. The van der Waals surface area contributed by atoms with Gasteiger partial charge >= 0.3 is 12.2 Å². The van der Waals surface area contributed by atoms with Crippen LogP contribution in [0.1, 0.15) is 24.1 Å². The van der Waals surface area contributed by atoms with E-state index in [1.165, 1.54) is 31.2 Å². The number of methoxy groups -OCH3 is 1. The Morgan fingerprint density at radius 1 is 1.17 bits per heavy atom. The summed E-state index contributed by atoms with van der Waals surface area (Å²) in [5, 5.41) is 5.33. The topological polar surface area (TPSA) is 70.7 Å². The highest BCUT2D eigenvalue weighted by Crippen LogP contribution is 2.35. The van der Waals surface area contributed by atoms with Crippen molar-refractivity contribution in [3.8, 4) is 5.75 Å². The molecular weight excluding hydrogens is 399 g/mol. The maximum atomic E-state index is 13.2. The Morgan fingerprint density at radius 2 is 1.87 bits per heavy atom. The number of ether oxygens (including phenoxy) is 1. The van der Waals surface area contributed by atoms with E-state index in [0.29, 0.717) is 17.1 Å². The number of hydrogen-bond acceptors (Lipinski definition) is 3. The number of halogens is 3. The molecule has 1 heterocycles. The zero-order valence-electron chi connectivity index (χ0n) is 16.5. The van der Waals surface area contributed by atoms with Crippen molar-refractivity contribution < 1.29 is 27.5 Å². The number of alkyl halides is 3. The van der Waals surface area contributed by atoms with Crippen LogP contribution in [0.5, 0.6) is 5.75 Å². The van der Waals surface area contributed by atoms with Gasteiger partial charge < -0.3 is 20.3 Å². The number of allylic oxidation sites excluding steroid dienone is 1. The predicted octanol–water partition coefficient (Wildman–Crippen LogP) is 4.32. The van der Waals surface area contributed by atoms with Crippen molar-refractivity contribution in [2.24, 2.45) is 0 Å². The molecule has 0 aromatic heterocycles. The second kappa shape index (κ2) is 8.10. The number of carbonyl (C=O) groups is 2. The van der Waals surface area contributed by atoms with Crippen LogP contribution < -0.4 is 15.4 Å². The van der Waals surface area contributed by atoms with E-state index in [0.717, 1.165) is 12.1 Å². The summed E-state index contributed by atoms with van der Waals surface area (Å²) in [4.78, 5) is 26.7. The van der Waals surface area contributed by atoms with Crippen molar-refractivity contribution in [3.63, 3.8) is 0 Å². The van der Waals surface area contributed by atoms with Crippen LogP contribution in [0.25, 0.3) is 0 Å². The highest BCUT2D eigenvalue weighted by molar-refractivity contribution is 6.07. The number of rotatable bonds is 4. The molecule has 1 aliphatic heterocycles. The first-order valence-corrected chi connectivity index (χ1v) is 9.00. The standard InChI is InChI=1S/C21H20F3N3O3/c1-12-17(19(28)25-15-9-4-5-10-16(15)30-3)18(26-20(29)27(12)2)13-7-6-8-14(11-13)21(22,23)24/h4-11,18H,1-3H3,(H,25,28)(H,26,29)/t18-/m0/s1. The molecule has 30 heavy (non-hydrogen) atoms. The largest absolute Gasteiger partial charge is 0.495 e. The summed E-state index contributed by atoms with van der Waals surface area (Å²) < 4.78 is 44.8. The molecule has 0 spiro atoms. The fraction of sp³-hybridized carbons (Fsp3) is 0.238. The molecule has 0 aliphatic carbocycles. The molecule has 2 aromatic rings. The number of amides is 3. The number of para-hydroxylation sites is 2. The van der Waals surface area contributed by atoms with Gasteiger partial charge in [0.2, 0.25) is 0 Å². The minimum absolute atomic E-state index is 0.127. The molecule has 3 amide bonds. The zero-order chi connectivity index (χ0) is 22.1.